The van der Waals surface area contributed by atoms with E-state index in [1.807, 2.05) is 39.0 Å². The Labute approximate surface area is 125 Å². The number of likely N-dealkylation sites (tertiary alicyclic amines) is 1. The summed E-state index contributed by atoms with van der Waals surface area (Å²) < 4.78 is 0. The molecule has 5 nitrogen and oxygen atoms in total. The molecule has 0 aromatic heterocycles. The van der Waals surface area contributed by atoms with Gasteiger partial charge in [0.05, 0.1) is 0 Å². The van der Waals surface area contributed by atoms with E-state index in [2.05, 4.69) is 5.32 Å². The van der Waals surface area contributed by atoms with Gasteiger partial charge in [0.15, 0.2) is 0 Å². The predicted octanol–water partition coefficient (Wildman–Crippen LogP) is 3.02. The molecule has 0 radical (unpaired) electrons. The lowest BCUT2D eigenvalue weighted by Crippen LogP contribution is -2.53. The summed E-state index contributed by atoms with van der Waals surface area (Å²) in [7, 11) is 0. The summed E-state index contributed by atoms with van der Waals surface area (Å²) in [4.78, 5) is 25.3. The first-order valence-electron chi connectivity index (χ1n) is 7.27. The largest absolute Gasteiger partial charge is 0.480 e. The van der Waals surface area contributed by atoms with Gasteiger partial charge in [-0.25, -0.2) is 9.59 Å². The minimum absolute atomic E-state index is 0.0266. The summed E-state index contributed by atoms with van der Waals surface area (Å²) in [5.74, 6) is -0.959. The van der Waals surface area contributed by atoms with Gasteiger partial charge in [0.25, 0.3) is 0 Å². The Morgan fingerprint density at radius 2 is 1.86 bits per heavy atom. The number of amides is 2. The van der Waals surface area contributed by atoms with Gasteiger partial charge >= 0.3 is 12.0 Å². The van der Waals surface area contributed by atoms with Crippen molar-refractivity contribution in [2.45, 2.75) is 39.7 Å². The van der Waals surface area contributed by atoms with Crippen molar-refractivity contribution in [1.82, 2.24) is 4.90 Å². The van der Waals surface area contributed by atoms with Crippen LogP contribution in [0.25, 0.3) is 0 Å². The number of carbonyl (C=O) groups excluding carboxylic acids is 1. The quantitative estimate of drug-likeness (QED) is 0.879. The number of carbonyl (C=O) groups is 2. The van der Waals surface area contributed by atoms with Crippen LogP contribution in [0.3, 0.4) is 0 Å². The van der Waals surface area contributed by atoms with Crippen LogP contribution in [0.5, 0.6) is 0 Å². The first-order chi connectivity index (χ1) is 9.88. The number of carboxylic acids is 1. The zero-order valence-corrected chi connectivity index (χ0v) is 12.7. The van der Waals surface area contributed by atoms with Gasteiger partial charge in [0.2, 0.25) is 0 Å². The number of hydrogen-bond acceptors (Lipinski definition) is 2. The Balaban J connectivity index is 2.16. The van der Waals surface area contributed by atoms with Gasteiger partial charge in [-0.3, -0.25) is 0 Å². The molecule has 5 heteroatoms. The van der Waals surface area contributed by atoms with Crippen LogP contribution in [0.2, 0.25) is 0 Å². The van der Waals surface area contributed by atoms with Crippen LogP contribution in [0.4, 0.5) is 10.5 Å². The van der Waals surface area contributed by atoms with Gasteiger partial charge in [-0.05, 0) is 55.9 Å². The number of urea groups is 1. The van der Waals surface area contributed by atoms with E-state index in [1.165, 1.54) is 4.90 Å². The van der Waals surface area contributed by atoms with E-state index in [1.54, 1.807) is 0 Å². The maximum absolute atomic E-state index is 12.4. The third-order valence-corrected chi connectivity index (χ3v) is 3.92. The number of rotatable bonds is 2. The molecule has 2 unspecified atom stereocenters. The van der Waals surface area contributed by atoms with E-state index in [0.29, 0.717) is 12.2 Å². The van der Waals surface area contributed by atoms with Crippen molar-refractivity contribution in [2.24, 2.45) is 5.92 Å². The van der Waals surface area contributed by atoms with E-state index in [0.717, 1.165) is 24.0 Å². The molecule has 1 fully saturated rings. The Hall–Kier alpha value is -2.04. The number of piperidine rings is 1. The standard InChI is InChI=1S/C16H22N2O3/c1-10-7-11(2)9-13(8-10)17-16(21)18-6-4-5-12(3)14(18)15(19)20/h7-9,12,14H,4-6H2,1-3H3,(H,17,21)(H,19,20). The van der Waals surface area contributed by atoms with Gasteiger partial charge < -0.3 is 15.3 Å². The Kier molecular flexibility index (Phi) is 4.50. The fraction of sp³-hybridized carbons (Fsp3) is 0.500. The number of aryl methyl sites for hydroxylation is 2. The molecule has 0 saturated carbocycles. The van der Waals surface area contributed by atoms with Crippen molar-refractivity contribution in [2.75, 3.05) is 11.9 Å². The summed E-state index contributed by atoms with van der Waals surface area (Å²) in [5.41, 5.74) is 2.83. The highest BCUT2D eigenvalue weighted by molar-refractivity contribution is 5.92. The Morgan fingerprint density at radius 3 is 2.43 bits per heavy atom. The van der Waals surface area contributed by atoms with E-state index >= 15 is 0 Å². The second-order valence-electron chi connectivity index (χ2n) is 5.90. The summed E-state index contributed by atoms with van der Waals surface area (Å²) in [5, 5.41) is 12.2. The number of aliphatic carboxylic acids is 1. The van der Waals surface area contributed by atoms with Crippen LogP contribution in [0, 0.1) is 19.8 Å². The molecular weight excluding hydrogens is 268 g/mol. The summed E-state index contributed by atoms with van der Waals surface area (Å²) in [6.07, 6.45) is 1.68. The fourth-order valence-electron chi connectivity index (χ4n) is 3.03. The van der Waals surface area contributed by atoms with Crippen molar-refractivity contribution in [3.63, 3.8) is 0 Å². The smallest absolute Gasteiger partial charge is 0.326 e. The molecule has 1 saturated heterocycles. The SMILES string of the molecule is Cc1cc(C)cc(NC(=O)N2CCCC(C)C2C(=O)O)c1. The van der Waals surface area contributed by atoms with Crippen molar-refractivity contribution >= 4 is 17.7 Å². The van der Waals surface area contributed by atoms with E-state index in [4.69, 9.17) is 0 Å². The minimum Gasteiger partial charge on any atom is -0.480 e. The highest BCUT2D eigenvalue weighted by atomic mass is 16.4. The summed E-state index contributed by atoms with van der Waals surface area (Å²) >= 11 is 0. The predicted molar refractivity (Wildman–Crippen MR) is 81.5 cm³/mol. The molecule has 1 aromatic rings. The molecule has 0 spiro atoms. The van der Waals surface area contributed by atoms with Crippen LogP contribution in [0.1, 0.15) is 30.9 Å². The second kappa shape index (κ2) is 6.16. The molecule has 1 heterocycles. The monoisotopic (exact) mass is 290 g/mol. The highest BCUT2D eigenvalue weighted by Gasteiger charge is 2.37. The van der Waals surface area contributed by atoms with Gasteiger partial charge in [0.1, 0.15) is 6.04 Å². The Bertz CT molecular complexity index is 536. The molecule has 21 heavy (non-hydrogen) atoms. The van der Waals surface area contributed by atoms with Crippen molar-refractivity contribution in [3.8, 4) is 0 Å². The van der Waals surface area contributed by atoms with E-state index in [-0.39, 0.29) is 11.9 Å². The number of hydrogen-bond donors (Lipinski definition) is 2. The lowest BCUT2D eigenvalue weighted by Gasteiger charge is -2.37. The average Bonchev–Trinajstić information content (AvgIpc) is 2.36. The molecule has 114 valence electrons. The second-order valence-corrected chi connectivity index (χ2v) is 5.90. The van der Waals surface area contributed by atoms with Crippen LogP contribution in [-0.2, 0) is 4.79 Å². The third-order valence-electron chi connectivity index (χ3n) is 3.92. The van der Waals surface area contributed by atoms with Gasteiger partial charge in [-0.1, -0.05) is 13.0 Å². The topological polar surface area (TPSA) is 69.6 Å². The van der Waals surface area contributed by atoms with Gasteiger partial charge in [-0.2, -0.15) is 0 Å². The molecule has 0 bridgehead atoms. The molecular formula is C16H22N2O3. The molecule has 2 rings (SSSR count). The van der Waals surface area contributed by atoms with Crippen molar-refractivity contribution < 1.29 is 14.7 Å². The third kappa shape index (κ3) is 3.54. The zero-order valence-electron chi connectivity index (χ0n) is 12.7. The first kappa shape index (κ1) is 15.4. The normalized spacial score (nSPS) is 22.0. The van der Waals surface area contributed by atoms with E-state index < -0.39 is 12.0 Å². The number of nitrogens with zero attached hydrogens (tertiary/aromatic N) is 1. The highest BCUT2D eigenvalue weighted by Crippen LogP contribution is 2.24. The molecule has 2 amide bonds. The minimum atomic E-state index is -0.933. The molecule has 1 aliphatic heterocycles. The van der Waals surface area contributed by atoms with Crippen LogP contribution < -0.4 is 5.32 Å². The molecule has 0 aliphatic carbocycles. The lowest BCUT2D eigenvalue weighted by atomic mass is 9.91. The Morgan fingerprint density at radius 1 is 1.24 bits per heavy atom. The molecule has 2 N–H and O–H groups in total. The van der Waals surface area contributed by atoms with Crippen LogP contribution >= 0.6 is 0 Å². The first-order valence-corrected chi connectivity index (χ1v) is 7.27. The maximum atomic E-state index is 12.4. The van der Waals surface area contributed by atoms with Crippen LogP contribution in [-0.4, -0.2) is 34.6 Å². The summed E-state index contributed by atoms with van der Waals surface area (Å²) in [6, 6.07) is 4.71. The molecule has 1 aromatic carbocycles. The van der Waals surface area contributed by atoms with Crippen LogP contribution in [0.15, 0.2) is 18.2 Å². The van der Waals surface area contributed by atoms with Crippen molar-refractivity contribution in [3.05, 3.63) is 29.3 Å². The zero-order chi connectivity index (χ0) is 15.6. The number of nitrogens with one attached hydrogen (secondary N) is 1. The molecule has 2 atom stereocenters. The van der Waals surface area contributed by atoms with Gasteiger partial charge in [-0.15, -0.1) is 0 Å². The number of benzene rings is 1. The van der Waals surface area contributed by atoms with Gasteiger partial charge in [0, 0.05) is 12.2 Å². The average molecular weight is 290 g/mol. The summed E-state index contributed by atoms with van der Waals surface area (Å²) in [6.45, 7) is 6.30. The maximum Gasteiger partial charge on any atom is 0.326 e. The number of carboxylic acid groups (broad SMARTS) is 1. The fourth-order valence-corrected chi connectivity index (χ4v) is 3.03. The van der Waals surface area contributed by atoms with E-state index in [9.17, 15) is 14.7 Å². The lowest BCUT2D eigenvalue weighted by molar-refractivity contribution is -0.145. The molecule has 1 aliphatic rings. The van der Waals surface area contributed by atoms with Crippen molar-refractivity contribution in [1.29, 1.82) is 0 Å². The number of anilines is 1.